The Morgan fingerprint density at radius 3 is 2.48 bits per heavy atom. The Morgan fingerprint density at radius 1 is 1.07 bits per heavy atom. The highest BCUT2D eigenvalue weighted by Gasteiger charge is 2.21. The standard InChI is InChI=1S/C22H20FN5O/c1-4-17-19(15-9-11-16(23)12-10-15)21-26-25-20(14(3)28(21)27-17)22(29)24-18-8-6-5-7-13(18)2/h5-12H,4H2,1-3H3,(H,24,29). The molecule has 4 rings (SSSR count). The first-order valence-corrected chi connectivity index (χ1v) is 9.37. The molecule has 0 saturated carbocycles. The fraction of sp³-hybridized carbons (Fsp3) is 0.182. The number of nitrogens with zero attached hydrogens (tertiary/aromatic N) is 4. The van der Waals surface area contributed by atoms with Crippen molar-refractivity contribution >= 4 is 17.2 Å². The van der Waals surface area contributed by atoms with E-state index < -0.39 is 0 Å². The monoisotopic (exact) mass is 389 g/mol. The van der Waals surface area contributed by atoms with Crippen LogP contribution in [0.4, 0.5) is 10.1 Å². The molecule has 2 heterocycles. The maximum Gasteiger partial charge on any atom is 0.278 e. The highest BCUT2D eigenvalue weighted by atomic mass is 19.1. The zero-order chi connectivity index (χ0) is 20.5. The number of amides is 1. The summed E-state index contributed by atoms with van der Waals surface area (Å²) in [6, 6.07) is 13.7. The van der Waals surface area contributed by atoms with E-state index in [-0.39, 0.29) is 17.4 Å². The maximum absolute atomic E-state index is 13.3. The van der Waals surface area contributed by atoms with Gasteiger partial charge < -0.3 is 5.32 Å². The number of para-hydroxylation sites is 1. The van der Waals surface area contributed by atoms with Crippen molar-refractivity contribution in [1.82, 2.24) is 19.8 Å². The molecule has 7 heteroatoms. The average Bonchev–Trinajstić information content (AvgIpc) is 3.10. The molecule has 29 heavy (non-hydrogen) atoms. The van der Waals surface area contributed by atoms with Gasteiger partial charge in [0.05, 0.1) is 17.0 Å². The minimum Gasteiger partial charge on any atom is -0.320 e. The predicted molar refractivity (Wildman–Crippen MR) is 109 cm³/mol. The summed E-state index contributed by atoms with van der Waals surface area (Å²) in [4.78, 5) is 12.8. The molecule has 2 aromatic heterocycles. The fourth-order valence-electron chi connectivity index (χ4n) is 3.31. The van der Waals surface area contributed by atoms with E-state index in [2.05, 4.69) is 20.6 Å². The summed E-state index contributed by atoms with van der Waals surface area (Å²) in [5.74, 6) is -0.649. The van der Waals surface area contributed by atoms with Gasteiger partial charge in [0.25, 0.3) is 5.91 Å². The van der Waals surface area contributed by atoms with Crippen LogP contribution in [0, 0.1) is 19.7 Å². The topological polar surface area (TPSA) is 72.2 Å². The van der Waals surface area contributed by atoms with E-state index in [0.29, 0.717) is 17.8 Å². The van der Waals surface area contributed by atoms with E-state index in [4.69, 9.17) is 0 Å². The van der Waals surface area contributed by atoms with Crippen LogP contribution < -0.4 is 5.32 Å². The van der Waals surface area contributed by atoms with E-state index in [0.717, 1.165) is 28.1 Å². The molecular formula is C22H20FN5O. The first kappa shape index (κ1) is 18.7. The lowest BCUT2D eigenvalue weighted by Gasteiger charge is -2.09. The Morgan fingerprint density at radius 2 is 1.79 bits per heavy atom. The van der Waals surface area contributed by atoms with Crippen LogP contribution in [0.3, 0.4) is 0 Å². The number of fused-ring (bicyclic) bond motifs is 1. The van der Waals surface area contributed by atoms with Crippen molar-refractivity contribution in [3.05, 3.63) is 77.0 Å². The second kappa shape index (κ2) is 7.43. The molecule has 146 valence electrons. The number of carbonyl (C=O) groups is 1. The van der Waals surface area contributed by atoms with Crippen LogP contribution in [-0.2, 0) is 6.42 Å². The quantitative estimate of drug-likeness (QED) is 0.563. The largest absolute Gasteiger partial charge is 0.320 e. The molecule has 0 aliphatic heterocycles. The van der Waals surface area contributed by atoms with Crippen LogP contribution in [0.1, 0.15) is 34.4 Å². The lowest BCUT2D eigenvalue weighted by Crippen LogP contribution is -2.19. The van der Waals surface area contributed by atoms with Gasteiger partial charge in [-0.3, -0.25) is 4.79 Å². The summed E-state index contributed by atoms with van der Waals surface area (Å²) in [6.07, 6.45) is 0.667. The minimum absolute atomic E-state index is 0.205. The summed E-state index contributed by atoms with van der Waals surface area (Å²) >= 11 is 0. The molecule has 0 radical (unpaired) electrons. The number of halogens is 1. The van der Waals surface area contributed by atoms with Gasteiger partial charge in [0.1, 0.15) is 5.82 Å². The Kier molecular flexibility index (Phi) is 4.80. The summed E-state index contributed by atoms with van der Waals surface area (Å²) < 4.78 is 15.0. The van der Waals surface area contributed by atoms with Crippen LogP contribution in [0.5, 0.6) is 0 Å². The molecule has 0 unspecified atom stereocenters. The van der Waals surface area contributed by atoms with E-state index >= 15 is 0 Å². The molecule has 0 bridgehead atoms. The molecule has 2 aromatic carbocycles. The van der Waals surface area contributed by atoms with Gasteiger partial charge in [-0.05, 0) is 49.6 Å². The Hall–Kier alpha value is -3.61. The van der Waals surface area contributed by atoms with Gasteiger partial charge in [0.15, 0.2) is 11.3 Å². The molecule has 0 aliphatic rings. The Labute approximate surface area is 167 Å². The van der Waals surface area contributed by atoms with Crippen LogP contribution in [0.25, 0.3) is 16.8 Å². The molecule has 0 atom stereocenters. The van der Waals surface area contributed by atoms with Crippen LogP contribution in [0.15, 0.2) is 48.5 Å². The van der Waals surface area contributed by atoms with Crippen LogP contribution in [0.2, 0.25) is 0 Å². The number of aryl methyl sites for hydroxylation is 3. The van der Waals surface area contributed by atoms with Gasteiger partial charge in [0, 0.05) is 5.69 Å². The molecule has 6 nitrogen and oxygen atoms in total. The predicted octanol–water partition coefficient (Wildman–Crippen LogP) is 4.36. The Balaban J connectivity index is 1.79. The third-order valence-corrected chi connectivity index (χ3v) is 4.91. The van der Waals surface area contributed by atoms with Crippen LogP contribution >= 0.6 is 0 Å². The van der Waals surface area contributed by atoms with Gasteiger partial charge in [-0.1, -0.05) is 37.3 Å². The number of anilines is 1. The first-order valence-electron chi connectivity index (χ1n) is 9.37. The zero-order valence-corrected chi connectivity index (χ0v) is 16.4. The number of aromatic nitrogens is 4. The molecular weight excluding hydrogens is 369 g/mol. The van der Waals surface area contributed by atoms with Crippen molar-refractivity contribution < 1.29 is 9.18 Å². The minimum atomic E-state index is -0.344. The van der Waals surface area contributed by atoms with Crippen LogP contribution in [-0.4, -0.2) is 25.7 Å². The summed E-state index contributed by atoms with van der Waals surface area (Å²) in [5.41, 5.74) is 5.43. The van der Waals surface area contributed by atoms with Crippen molar-refractivity contribution in [2.45, 2.75) is 27.2 Å². The normalized spacial score (nSPS) is 11.0. The van der Waals surface area contributed by atoms with Crippen molar-refractivity contribution in [2.24, 2.45) is 0 Å². The second-order valence-electron chi connectivity index (χ2n) is 6.82. The molecule has 1 amide bonds. The number of hydrogen-bond donors (Lipinski definition) is 1. The molecule has 0 fully saturated rings. The van der Waals surface area contributed by atoms with E-state index in [9.17, 15) is 9.18 Å². The van der Waals surface area contributed by atoms with Gasteiger partial charge in [0.2, 0.25) is 0 Å². The number of nitrogens with one attached hydrogen (secondary N) is 1. The van der Waals surface area contributed by atoms with E-state index in [1.165, 1.54) is 12.1 Å². The lowest BCUT2D eigenvalue weighted by atomic mass is 10.0. The molecule has 1 N–H and O–H groups in total. The molecule has 0 spiro atoms. The average molecular weight is 389 g/mol. The third kappa shape index (κ3) is 3.35. The summed E-state index contributed by atoms with van der Waals surface area (Å²) in [5, 5.41) is 16.0. The highest BCUT2D eigenvalue weighted by molar-refractivity contribution is 6.04. The number of hydrogen-bond acceptors (Lipinski definition) is 4. The van der Waals surface area contributed by atoms with Crippen molar-refractivity contribution in [3.8, 4) is 11.1 Å². The summed E-state index contributed by atoms with van der Waals surface area (Å²) in [7, 11) is 0. The second-order valence-corrected chi connectivity index (χ2v) is 6.82. The van der Waals surface area contributed by atoms with Gasteiger partial charge in [-0.15, -0.1) is 10.2 Å². The molecule has 0 saturated heterocycles. The van der Waals surface area contributed by atoms with Gasteiger partial charge in [-0.2, -0.15) is 5.10 Å². The smallest absolute Gasteiger partial charge is 0.278 e. The summed E-state index contributed by atoms with van der Waals surface area (Å²) in [6.45, 7) is 5.70. The van der Waals surface area contributed by atoms with Gasteiger partial charge in [-0.25, -0.2) is 8.91 Å². The number of benzene rings is 2. The van der Waals surface area contributed by atoms with Crippen molar-refractivity contribution in [3.63, 3.8) is 0 Å². The molecule has 4 aromatic rings. The van der Waals surface area contributed by atoms with E-state index in [1.54, 1.807) is 23.6 Å². The van der Waals surface area contributed by atoms with Crippen molar-refractivity contribution in [1.29, 1.82) is 0 Å². The fourth-order valence-corrected chi connectivity index (χ4v) is 3.31. The number of carbonyl (C=O) groups excluding carboxylic acids is 1. The molecule has 0 aliphatic carbocycles. The third-order valence-electron chi connectivity index (χ3n) is 4.91. The lowest BCUT2D eigenvalue weighted by molar-refractivity contribution is 0.102. The van der Waals surface area contributed by atoms with Gasteiger partial charge >= 0.3 is 0 Å². The Bertz CT molecular complexity index is 1210. The highest BCUT2D eigenvalue weighted by Crippen LogP contribution is 2.29. The van der Waals surface area contributed by atoms with E-state index in [1.807, 2.05) is 38.1 Å². The SMILES string of the molecule is CCc1nn2c(C)c(C(=O)Nc3ccccc3C)nnc2c1-c1ccc(F)cc1. The first-order chi connectivity index (χ1) is 14.0. The number of rotatable bonds is 4. The zero-order valence-electron chi connectivity index (χ0n) is 16.4. The van der Waals surface area contributed by atoms with Crippen molar-refractivity contribution in [2.75, 3.05) is 5.32 Å². The maximum atomic E-state index is 13.3.